The fraction of sp³-hybridized carbons (Fsp3) is 1.00. The van der Waals surface area contributed by atoms with Gasteiger partial charge in [0.2, 0.25) is 0 Å². The third-order valence-corrected chi connectivity index (χ3v) is 3.38. The molecule has 0 amide bonds. The number of nitrogens with one attached hydrogen (secondary N) is 1. The lowest BCUT2D eigenvalue weighted by Gasteiger charge is -2.28. The largest absolute Gasteiger partial charge is 0.379 e. The molecule has 4 heteroatoms. The van der Waals surface area contributed by atoms with Gasteiger partial charge in [0.1, 0.15) is 0 Å². The van der Waals surface area contributed by atoms with Crippen LogP contribution in [0.15, 0.2) is 0 Å². The summed E-state index contributed by atoms with van der Waals surface area (Å²) < 4.78 is 11.4. The smallest absolute Gasteiger partial charge is 0.0707 e. The molecule has 16 heavy (non-hydrogen) atoms. The van der Waals surface area contributed by atoms with Gasteiger partial charge in [0, 0.05) is 26.2 Å². The van der Waals surface area contributed by atoms with E-state index < -0.39 is 0 Å². The molecule has 4 nitrogen and oxygen atoms in total. The van der Waals surface area contributed by atoms with Gasteiger partial charge in [0.05, 0.1) is 25.4 Å². The standard InChI is InChI=1S/C12H24N2O2/c1-2-13-9-11-3-4-12(16-11)10-14-5-7-15-8-6-14/h11-13H,2-10H2,1H3. The van der Waals surface area contributed by atoms with Crippen LogP contribution in [0, 0.1) is 0 Å². The van der Waals surface area contributed by atoms with Gasteiger partial charge in [0.15, 0.2) is 0 Å². The molecule has 0 aromatic rings. The molecule has 1 N–H and O–H groups in total. The minimum absolute atomic E-state index is 0.436. The molecule has 0 spiro atoms. The maximum absolute atomic E-state index is 6.02. The van der Waals surface area contributed by atoms with Crippen LogP contribution in [0.1, 0.15) is 19.8 Å². The Morgan fingerprint density at radius 2 is 1.94 bits per heavy atom. The highest BCUT2D eigenvalue weighted by molar-refractivity contribution is 4.78. The molecule has 2 aliphatic rings. The van der Waals surface area contributed by atoms with Crippen LogP contribution in [0.2, 0.25) is 0 Å². The summed E-state index contributed by atoms with van der Waals surface area (Å²) in [5, 5.41) is 3.36. The Kier molecular flexibility index (Phi) is 5.03. The van der Waals surface area contributed by atoms with E-state index in [1.54, 1.807) is 0 Å². The van der Waals surface area contributed by atoms with Crippen LogP contribution in [0.3, 0.4) is 0 Å². The van der Waals surface area contributed by atoms with Crippen LogP contribution in [-0.4, -0.2) is 63.0 Å². The summed E-state index contributed by atoms with van der Waals surface area (Å²) in [6.07, 6.45) is 3.31. The van der Waals surface area contributed by atoms with E-state index in [4.69, 9.17) is 9.47 Å². The Morgan fingerprint density at radius 1 is 1.19 bits per heavy atom. The van der Waals surface area contributed by atoms with Gasteiger partial charge in [0.25, 0.3) is 0 Å². The topological polar surface area (TPSA) is 33.7 Å². The highest BCUT2D eigenvalue weighted by Crippen LogP contribution is 2.20. The maximum Gasteiger partial charge on any atom is 0.0707 e. The van der Waals surface area contributed by atoms with Crippen molar-refractivity contribution in [2.45, 2.75) is 32.0 Å². The summed E-state index contributed by atoms with van der Waals surface area (Å²) in [6, 6.07) is 0. The Labute approximate surface area is 98.3 Å². The van der Waals surface area contributed by atoms with Crippen molar-refractivity contribution in [2.24, 2.45) is 0 Å². The first-order valence-electron chi connectivity index (χ1n) is 6.54. The SMILES string of the molecule is CCNCC1CCC(CN2CCOCC2)O1. The van der Waals surface area contributed by atoms with Gasteiger partial charge in [-0.1, -0.05) is 6.92 Å². The highest BCUT2D eigenvalue weighted by Gasteiger charge is 2.26. The van der Waals surface area contributed by atoms with Crippen molar-refractivity contribution in [1.29, 1.82) is 0 Å². The van der Waals surface area contributed by atoms with E-state index in [-0.39, 0.29) is 0 Å². The molecule has 2 heterocycles. The van der Waals surface area contributed by atoms with Crippen LogP contribution in [-0.2, 0) is 9.47 Å². The van der Waals surface area contributed by atoms with Crippen LogP contribution in [0.5, 0.6) is 0 Å². The zero-order chi connectivity index (χ0) is 11.2. The summed E-state index contributed by atoms with van der Waals surface area (Å²) in [7, 11) is 0. The van der Waals surface area contributed by atoms with Crippen molar-refractivity contribution in [3.63, 3.8) is 0 Å². The monoisotopic (exact) mass is 228 g/mol. The average Bonchev–Trinajstić information content (AvgIpc) is 2.75. The number of hydrogen-bond acceptors (Lipinski definition) is 4. The molecule has 0 aromatic carbocycles. The van der Waals surface area contributed by atoms with Crippen LogP contribution < -0.4 is 5.32 Å². The minimum atomic E-state index is 0.436. The highest BCUT2D eigenvalue weighted by atomic mass is 16.5. The lowest BCUT2D eigenvalue weighted by atomic mass is 10.2. The summed E-state index contributed by atoms with van der Waals surface area (Å²) in [5.41, 5.74) is 0. The summed E-state index contributed by atoms with van der Waals surface area (Å²) in [6.45, 7) is 9.17. The first-order chi connectivity index (χ1) is 7.88. The number of nitrogens with zero attached hydrogens (tertiary/aromatic N) is 1. The molecule has 2 unspecified atom stereocenters. The van der Waals surface area contributed by atoms with Gasteiger partial charge in [-0.25, -0.2) is 0 Å². The summed E-state index contributed by atoms with van der Waals surface area (Å²) >= 11 is 0. The van der Waals surface area contributed by atoms with E-state index in [1.165, 1.54) is 12.8 Å². The molecule has 0 aromatic heterocycles. The molecule has 0 saturated carbocycles. The van der Waals surface area contributed by atoms with Crippen LogP contribution >= 0.6 is 0 Å². The Bertz CT molecular complexity index is 195. The number of rotatable bonds is 5. The molecule has 2 saturated heterocycles. The molecule has 2 atom stereocenters. The fourth-order valence-electron chi connectivity index (χ4n) is 2.44. The molecule has 2 aliphatic heterocycles. The van der Waals surface area contributed by atoms with Gasteiger partial charge in [-0.15, -0.1) is 0 Å². The second-order valence-corrected chi connectivity index (χ2v) is 4.68. The molecular formula is C12H24N2O2. The molecule has 0 aliphatic carbocycles. The second-order valence-electron chi connectivity index (χ2n) is 4.68. The Hall–Kier alpha value is -0.160. The van der Waals surface area contributed by atoms with E-state index in [0.29, 0.717) is 12.2 Å². The van der Waals surface area contributed by atoms with Crippen molar-refractivity contribution < 1.29 is 9.47 Å². The third kappa shape index (κ3) is 3.70. The van der Waals surface area contributed by atoms with E-state index in [9.17, 15) is 0 Å². The van der Waals surface area contributed by atoms with E-state index in [1.807, 2.05) is 0 Å². The quantitative estimate of drug-likeness (QED) is 0.742. The molecule has 2 rings (SSSR count). The zero-order valence-corrected chi connectivity index (χ0v) is 10.3. The van der Waals surface area contributed by atoms with E-state index >= 15 is 0 Å². The molecular weight excluding hydrogens is 204 g/mol. The minimum Gasteiger partial charge on any atom is -0.379 e. The van der Waals surface area contributed by atoms with Crippen molar-refractivity contribution >= 4 is 0 Å². The van der Waals surface area contributed by atoms with Crippen molar-refractivity contribution in [1.82, 2.24) is 10.2 Å². The Balaban J connectivity index is 1.63. The van der Waals surface area contributed by atoms with Crippen molar-refractivity contribution in [2.75, 3.05) is 45.9 Å². The van der Waals surface area contributed by atoms with Crippen LogP contribution in [0.4, 0.5) is 0 Å². The van der Waals surface area contributed by atoms with Gasteiger partial charge in [-0.2, -0.15) is 0 Å². The van der Waals surface area contributed by atoms with E-state index in [2.05, 4.69) is 17.1 Å². The number of likely N-dealkylation sites (N-methyl/N-ethyl adjacent to an activating group) is 1. The fourth-order valence-corrected chi connectivity index (χ4v) is 2.44. The summed E-state index contributed by atoms with van der Waals surface area (Å²) in [4.78, 5) is 2.46. The number of hydrogen-bond donors (Lipinski definition) is 1. The second kappa shape index (κ2) is 6.55. The average molecular weight is 228 g/mol. The molecule has 2 fully saturated rings. The molecule has 0 radical (unpaired) electrons. The van der Waals surface area contributed by atoms with Crippen LogP contribution in [0.25, 0.3) is 0 Å². The van der Waals surface area contributed by atoms with Gasteiger partial charge < -0.3 is 14.8 Å². The van der Waals surface area contributed by atoms with Crippen molar-refractivity contribution in [3.8, 4) is 0 Å². The predicted molar refractivity (Wildman–Crippen MR) is 63.7 cm³/mol. The lowest BCUT2D eigenvalue weighted by molar-refractivity contribution is -0.0106. The Morgan fingerprint density at radius 3 is 2.69 bits per heavy atom. The van der Waals surface area contributed by atoms with Gasteiger partial charge in [-0.05, 0) is 19.4 Å². The first-order valence-corrected chi connectivity index (χ1v) is 6.54. The zero-order valence-electron chi connectivity index (χ0n) is 10.3. The summed E-state index contributed by atoms with van der Waals surface area (Å²) in [5.74, 6) is 0. The molecule has 94 valence electrons. The lowest BCUT2D eigenvalue weighted by Crippen LogP contribution is -2.41. The maximum atomic E-state index is 6.02. The third-order valence-electron chi connectivity index (χ3n) is 3.38. The molecule has 0 bridgehead atoms. The number of morpholine rings is 1. The van der Waals surface area contributed by atoms with Gasteiger partial charge in [-0.3, -0.25) is 4.90 Å². The van der Waals surface area contributed by atoms with Gasteiger partial charge >= 0.3 is 0 Å². The predicted octanol–water partition coefficient (Wildman–Crippen LogP) is 0.476. The van der Waals surface area contributed by atoms with Crippen molar-refractivity contribution in [3.05, 3.63) is 0 Å². The van der Waals surface area contributed by atoms with E-state index in [0.717, 1.165) is 45.9 Å². The first kappa shape index (κ1) is 12.3. The normalized spacial score (nSPS) is 32.1. The number of ether oxygens (including phenoxy) is 2.